The summed E-state index contributed by atoms with van der Waals surface area (Å²) in [4.78, 5) is 50.3. The minimum atomic E-state index is -0.363. The number of Topliss-reactive ketones (excluding diaryl/α,β-unsaturated/α-hetero) is 1. The van der Waals surface area contributed by atoms with Crippen molar-refractivity contribution in [2.24, 2.45) is 0 Å². The third-order valence-electron chi connectivity index (χ3n) is 3.77. The van der Waals surface area contributed by atoms with E-state index in [-0.39, 0.29) is 35.9 Å². The monoisotopic (exact) mass is 400 g/mol. The SMILES string of the molecule is CC(=O)c1ccc(C(=O)NCCN2C(=O)S/C(=C\c3ccccc3)C2=O)s1. The molecule has 1 aliphatic heterocycles. The predicted octanol–water partition coefficient (Wildman–Crippen LogP) is 3.42. The summed E-state index contributed by atoms with van der Waals surface area (Å²) < 4.78 is 0. The van der Waals surface area contributed by atoms with Gasteiger partial charge in [0.2, 0.25) is 0 Å². The number of hydrogen-bond acceptors (Lipinski definition) is 6. The summed E-state index contributed by atoms with van der Waals surface area (Å²) in [5.41, 5.74) is 0.843. The summed E-state index contributed by atoms with van der Waals surface area (Å²) in [5, 5.41) is 2.31. The van der Waals surface area contributed by atoms with Crippen molar-refractivity contribution in [3.63, 3.8) is 0 Å². The Morgan fingerprint density at radius 2 is 1.78 bits per heavy atom. The lowest BCUT2D eigenvalue weighted by Gasteiger charge is -2.12. The van der Waals surface area contributed by atoms with Gasteiger partial charge in [0, 0.05) is 13.1 Å². The molecule has 0 radical (unpaired) electrons. The number of rotatable bonds is 6. The maximum absolute atomic E-state index is 12.4. The molecule has 2 heterocycles. The quantitative estimate of drug-likeness (QED) is 0.593. The van der Waals surface area contributed by atoms with Crippen LogP contribution in [0.2, 0.25) is 0 Å². The fourth-order valence-corrected chi connectivity index (χ4v) is 4.09. The molecule has 0 saturated carbocycles. The molecule has 0 unspecified atom stereocenters. The second-order valence-corrected chi connectivity index (χ2v) is 7.80. The lowest BCUT2D eigenvalue weighted by Crippen LogP contribution is -2.37. The zero-order valence-corrected chi connectivity index (χ0v) is 16.1. The van der Waals surface area contributed by atoms with Gasteiger partial charge in [0.15, 0.2) is 5.78 Å². The fraction of sp³-hybridized carbons (Fsp3) is 0.158. The fourth-order valence-electron chi connectivity index (χ4n) is 2.41. The Bertz CT molecular complexity index is 934. The molecule has 1 aliphatic rings. The number of thiophene rings is 1. The van der Waals surface area contributed by atoms with Crippen LogP contribution >= 0.6 is 23.1 Å². The number of benzene rings is 1. The Morgan fingerprint density at radius 3 is 2.44 bits per heavy atom. The highest BCUT2D eigenvalue weighted by Gasteiger charge is 2.34. The van der Waals surface area contributed by atoms with Crippen molar-refractivity contribution in [2.75, 3.05) is 13.1 Å². The van der Waals surface area contributed by atoms with E-state index in [1.165, 1.54) is 6.92 Å². The zero-order chi connectivity index (χ0) is 19.4. The van der Waals surface area contributed by atoms with Crippen molar-refractivity contribution in [1.29, 1.82) is 0 Å². The van der Waals surface area contributed by atoms with E-state index in [1.54, 1.807) is 18.2 Å². The second kappa shape index (κ2) is 8.32. The van der Waals surface area contributed by atoms with Gasteiger partial charge in [-0.15, -0.1) is 11.3 Å². The number of hydrogen-bond donors (Lipinski definition) is 1. The van der Waals surface area contributed by atoms with Crippen molar-refractivity contribution in [2.45, 2.75) is 6.92 Å². The second-order valence-electron chi connectivity index (χ2n) is 5.72. The predicted molar refractivity (Wildman–Crippen MR) is 106 cm³/mol. The van der Waals surface area contributed by atoms with Crippen molar-refractivity contribution < 1.29 is 19.2 Å². The lowest BCUT2D eigenvalue weighted by molar-refractivity contribution is -0.122. The van der Waals surface area contributed by atoms with Gasteiger partial charge in [-0.2, -0.15) is 0 Å². The molecule has 138 valence electrons. The Labute approximate surface area is 164 Å². The number of carbonyl (C=O) groups is 4. The summed E-state index contributed by atoms with van der Waals surface area (Å²) in [6.45, 7) is 1.67. The summed E-state index contributed by atoms with van der Waals surface area (Å²) in [7, 11) is 0. The van der Waals surface area contributed by atoms with Gasteiger partial charge < -0.3 is 5.32 Å². The minimum Gasteiger partial charge on any atom is -0.350 e. The highest BCUT2D eigenvalue weighted by Crippen LogP contribution is 2.31. The van der Waals surface area contributed by atoms with Gasteiger partial charge in [-0.25, -0.2) is 0 Å². The van der Waals surface area contributed by atoms with E-state index < -0.39 is 0 Å². The van der Waals surface area contributed by atoms with Crippen LogP contribution in [-0.4, -0.2) is 40.8 Å². The summed E-state index contributed by atoms with van der Waals surface area (Å²) in [6, 6.07) is 12.5. The van der Waals surface area contributed by atoms with Crippen LogP contribution in [0, 0.1) is 0 Å². The molecular formula is C19H16N2O4S2. The average Bonchev–Trinajstić information content (AvgIpc) is 3.24. The first-order valence-corrected chi connectivity index (χ1v) is 9.78. The van der Waals surface area contributed by atoms with Crippen LogP contribution in [0.4, 0.5) is 4.79 Å². The molecule has 2 aromatic rings. The summed E-state index contributed by atoms with van der Waals surface area (Å²) >= 11 is 2.00. The normalized spacial score (nSPS) is 15.4. The number of carbonyl (C=O) groups excluding carboxylic acids is 4. The van der Waals surface area contributed by atoms with Crippen molar-refractivity contribution in [3.8, 4) is 0 Å². The highest BCUT2D eigenvalue weighted by atomic mass is 32.2. The van der Waals surface area contributed by atoms with E-state index in [0.717, 1.165) is 33.6 Å². The first-order chi connectivity index (χ1) is 13.0. The minimum absolute atomic E-state index is 0.0908. The van der Waals surface area contributed by atoms with Crippen LogP contribution in [0.15, 0.2) is 47.4 Å². The maximum Gasteiger partial charge on any atom is 0.293 e. The van der Waals surface area contributed by atoms with Crippen molar-refractivity contribution in [1.82, 2.24) is 10.2 Å². The molecule has 0 bridgehead atoms. The molecular weight excluding hydrogens is 384 g/mol. The first kappa shape index (κ1) is 19.1. The molecule has 0 atom stereocenters. The van der Waals surface area contributed by atoms with E-state index >= 15 is 0 Å². The van der Waals surface area contributed by atoms with Crippen LogP contribution in [-0.2, 0) is 4.79 Å². The average molecular weight is 400 g/mol. The number of amides is 3. The molecule has 6 nitrogen and oxygen atoms in total. The van der Waals surface area contributed by atoms with E-state index in [1.807, 2.05) is 30.3 Å². The number of nitrogens with zero attached hydrogens (tertiary/aromatic N) is 1. The highest BCUT2D eigenvalue weighted by molar-refractivity contribution is 8.18. The Hall–Kier alpha value is -2.71. The smallest absolute Gasteiger partial charge is 0.293 e. The van der Waals surface area contributed by atoms with Crippen LogP contribution in [0.25, 0.3) is 6.08 Å². The first-order valence-electron chi connectivity index (χ1n) is 8.15. The largest absolute Gasteiger partial charge is 0.350 e. The van der Waals surface area contributed by atoms with Crippen LogP contribution in [0.3, 0.4) is 0 Å². The third kappa shape index (κ3) is 4.53. The third-order valence-corrected chi connectivity index (χ3v) is 5.86. The van der Waals surface area contributed by atoms with Crippen LogP contribution in [0.1, 0.15) is 31.8 Å². The van der Waals surface area contributed by atoms with Crippen molar-refractivity contribution in [3.05, 3.63) is 62.7 Å². The lowest BCUT2D eigenvalue weighted by atomic mass is 10.2. The van der Waals surface area contributed by atoms with Crippen LogP contribution < -0.4 is 5.32 Å². The maximum atomic E-state index is 12.4. The molecule has 1 aromatic heterocycles. The number of ketones is 1. The van der Waals surface area contributed by atoms with Gasteiger partial charge in [0.25, 0.3) is 17.1 Å². The van der Waals surface area contributed by atoms with Gasteiger partial charge in [-0.3, -0.25) is 24.1 Å². The van der Waals surface area contributed by atoms with E-state index in [0.29, 0.717) is 14.7 Å². The molecule has 0 spiro atoms. The standard InChI is InChI=1S/C19H16N2O4S2/c1-12(22)14-7-8-15(26-14)17(23)20-9-10-21-18(24)16(27-19(21)25)11-13-5-3-2-4-6-13/h2-8,11H,9-10H2,1H3,(H,20,23)/b16-11-. The van der Waals surface area contributed by atoms with Gasteiger partial charge >= 0.3 is 0 Å². The number of nitrogens with one attached hydrogen (secondary N) is 1. The van der Waals surface area contributed by atoms with E-state index in [2.05, 4.69) is 5.32 Å². The van der Waals surface area contributed by atoms with Gasteiger partial charge in [-0.05, 0) is 42.5 Å². The molecule has 8 heteroatoms. The Kier molecular flexibility index (Phi) is 5.88. The zero-order valence-electron chi connectivity index (χ0n) is 14.4. The topological polar surface area (TPSA) is 83.6 Å². The van der Waals surface area contributed by atoms with Gasteiger partial charge in [-0.1, -0.05) is 30.3 Å². The van der Waals surface area contributed by atoms with Crippen molar-refractivity contribution >= 4 is 52.0 Å². The summed E-state index contributed by atoms with van der Waals surface area (Å²) in [5.74, 6) is -0.792. The molecule has 3 rings (SSSR count). The molecule has 1 saturated heterocycles. The molecule has 27 heavy (non-hydrogen) atoms. The van der Waals surface area contributed by atoms with Gasteiger partial charge in [0.05, 0.1) is 14.7 Å². The number of thioether (sulfide) groups is 1. The molecule has 1 fully saturated rings. The molecule has 1 N–H and O–H groups in total. The number of imide groups is 1. The summed E-state index contributed by atoms with van der Waals surface area (Å²) in [6.07, 6.45) is 1.68. The van der Waals surface area contributed by atoms with Crippen LogP contribution in [0.5, 0.6) is 0 Å². The van der Waals surface area contributed by atoms with Gasteiger partial charge in [0.1, 0.15) is 0 Å². The molecule has 1 aromatic carbocycles. The Balaban J connectivity index is 1.57. The Morgan fingerprint density at radius 1 is 1.07 bits per heavy atom. The molecule has 0 aliphatic carbocycles. The van der Waals surface area contributed by atoms with E-state index in [9.17, 15) is 19.2 Å². The van der Waals surface area contributed by atoms with E-state index in [4.69, 9.17) is 0 Å². The molecule has 3 amide bonds.